The Morgan fingerprint density at radius 1 is 1.06 bits per heavy atom. The summed E-state index contributed by atoms with van der Waals surface area (Å²) < 4.78 is 2.19. The minimum Gasteiger partial charge on any atom is -0.478 e. The fourth-order valence-corrected chi connectivity index (χ4v) is 4.97. The third-order valence-corrected chi connectivity index (χ3v) is 6.73. The number of anilines is 2. The molecule has 0 radical (unpaired) electrons. The van der Waals surface area contributed by atoms with Gasteiger partial charge in [0.1, 0.15) is 11.3 Å². The van der Waals surface area contributed by atoms with Crippen LogP contribution in [0.3, 0.4) is 0 Å². The zero-order chi connectivity index (χ0) is 24.5. The standard InChI is InChI=1S/C26H24ClN5O3/c1-16-29-22-7-4-12-28-24(22)32(16)18-10-13-31(14-11-18)23-9-8-17(15-20(23)26(34)35)30-25(33)19-5-2-3-6-21(19)27/h2-9,12,15,18H,10-11,13-14H2,1H3,(H,30,33)(H,34,35). The zero-order valence-electron chi connectivity index (χ0n) is 19.1. The summed E-state index contributed by atoms with van der Waals surface area (Å²) in [5, 5.41) is 13.0. The van der Waals surface area contributed by atoms with Crippen LogP contribution >= 0.6 is 11.6 Å². The lowest BCUT2D eigenvalue weighted by atomic mass is 10.0. The van der Waals surface area contributed by atoms with E-state index >= 15 is 0 Å². The van der Waals surface area contributed by atoms with Gasteiger partial charge in [-0.15, -0.1) is 0 Å². The molecule has 0 unspecified atom stereocenters. The van der Waals surface area contributed by atoms with Crippen LogP contribution < -0.4 is 10.2 Å². The van der Waals surface area contributed by atoms with Gasteiger partial charge in [-0.1, -0.05) is 23.7 Å². The number of hydrogen-bond acceptors (Lipinski definition) is 5. The fraction of sp³-hybridized carbons (Fsp3) is 0.231. The van der Waals surface area contributed by atoms with E-state index in [1.54, 1.807) is 42.6 Å². The summed E-state index contributed by atoms with van der Waals surface area (Å²) in [6.45, 7) is 3.39. The average molecular weight is 490 g/mol. The molecule has 0 spiro atoms. The molecule has 178 valence electrons. The molecule has 5 rings (SSSR count). The predicted molar refractivity (Wildman–Crippen MR) is 136 cm³/mol. The van der Waals surface area contributed by atoms with E-state index in [-0.39, 0.29) is 11.6 Å². The van der Waals surface area contributed by atoms with Crippen molar-refractivity contribution in [2.75, 3.05) is 23.3 Å². The molecule has 8 nitrogen and oxygen atoms in total. The topological polar surface area (TPSA) is 100 Å². The molecule has 2 N–H and O–H groups in total. The summed E-state index contributed by atoms with van der Waals surface area (Å²) in [6, 6.07) is 15.8. The largest absolute Gasteiger partial charge is 0.478 e. The van der Waals surface area contributed by atoms with Crippen LogP contribution in [0.2, 0.25) is 5.02 Å². The van der Waals surface area contributed by atoms with E-state index in [0.717, 1.165) is 29.8 Å². The first-order valence-corrected chi connectivity index (χ1v) is 11.8. The summed E-state index contributed by atoms with van der Waals surface area (Å²) in [6.07, 6.45) is 3.46. The lowest BCUT2D eigenvalue weighted by Gasteiger charge is -2.35. The molecule has 1 saturated heterocycles. The predicted octanol–water partition coefficient (Wildman–Crippen LogP) is 5.19. The summed E-state index contributed by atoms with van der Waals surface area (Å²) >= 11 is 6.11. The Bertz CT molecular complexity index is 1430. The average Bonchev–Trinajstić information content (AvgIpc) is 3.20. The van der Waals surface area contributed by atoms with Crippen molar-refractivity contribution < 1.29 is 14.7 Å². The fourth-order valence-electron chi connectivity index (χ4n) is 4.75. The van der Waals surface area contributed by atoms with Crippen LogP contribution in [0, 0.1) is 6.92 Å². The second kappa shape index (κ2) is 9.38. The molecule has 0 saturated carbocycles. The number of carbonyl (C=O) groups excluding carboxylic acids is 1. The van der Waals surface area contributed by atoms with Crippen molar-refractivity contribution in [3.05, 3.63) is 82.8 Å². The number of aromatic nitrogens is 3. The molecule has 0 atom stereocenters. The Morgan fingerprint density at radius 3 is 2.57 bits per heavy atom. The summed E-state index contributed by atoms with van der Waals surface area (Å²) in [5.74, 6) is -0.504. The van der Waals surface area contributed by atoms with Gasteiger partial charge < -0.3 is 19.9 Å². The molecule has 4 aromatic rings. The Balaban J connectivity index is 1.34. The maximum atomic E-state index is 12.6. The van der Waals surface area contributed by atoms with Crippen LogP contribution in [0.15, 0.2) is 60.8 Å². The normalized spacial score (nSPS) is 14.3. The second-order valence-corrected chi connectivity index (χ2v) is 8.97. The SMILES string of the molecule is Cc1nc2cccnc2n1C1CCN(c2ccc(NC(=O)c3ccccc3Cl)cc2C(=O)O)CC1. The highest BCUT2D eigenvalue weighted by molar-refractivity contribution is 6.34. The number of aromatic carboxylic acids is 1. The molecular weight excluding hydrogens is 466 g/mol. The number of fused-ring (bicyclic) bond motifs is 1. The van der Waals surface area contributed by atoms with Gasteiger partial charge in [-0.2, -0.15) is 0 Å². The maximum absolute atomic E-state index is 12.6. The molecule has 9 heteroatoms. The summed E-state index contributed by atoms with van der Waals surface area (Å²) in [4.78, 5) is 35.9. The number of nitrogens with zero attached hydrogens (tertiary/aromatic N) is 4. The Kier molecular flexibility index (Phi) is 6.13. The lowest BCUT2D eigenvalue weighted by molar-refractivity contribution is 0.0697. The first kappa shape index (κ1) is 22.9. The number of aryl methyl sites for hydroxylation is 1. The van der Waals surface area contributed by atoms with Gasteiger partial charge in [0.2, 0.25) is 0 Å². The number of rotatable bonds is 5. The van der Waals surface area contributed by atoms with E-state index in [9.17, 15) is 14.7 Å². The Morgan fingerprint density at radius 2 is 1.83 bits per heavy atom. The van der Waals surface area contributed by atoms with Gasteiger partial charge in [-0.3, -0.25) is 4.79 Å². The van der Waals surface area contributed by atoms with E-state index < -0.39 is 11.9 Å². The molecule has 2 aromatic carbocycles. The molecule has 1 amide bonds. The van der Waals surface area contributed by atoms with E-state index in [1.165, 1.54) is 6.07 Å². The first-order valence-electron chi connectivity index (χ1n) is 11.4. The maximum Gasteiger partial charge on any atom is 0.337 e. The summed E-state index contributed by atoms with van der Waals surface area (Å²) in [5.41, 5.74) is 3.28. The van der Waals surface area contributed by atoms with Gasteiger partial charge in [0.15, 0.2) is 5.65 Å². The molecule has 1 fully saturated rings. The third-order valence-electron chi connectivity index (χ3n) is 6.40. The number of imidazole rings is 1. The number of benzene rings is 2. The minimum absolute atomic E-state index is 0.145. The highest BCUT2D eigenvalue weighted by Gasteiger charge is 2.26. The molecule has 1 aliphatic heterocycles. The van der Waals surface area contributed by atoms with Crippen LogP contribution in [0.25, 0.3) is 11.2 Å². The Hall–Kier alpha value is -3.91. The van der Waals surface area contributed by atoms with Gasteiger partial charge >= 0.3 is 5.97 Å². The molecule has 0 bridgehead atoms. The smallest absolute Gasteiger partial charge is 0.337 e. The number of piperidine rings is 1. The van der Waals surface area contributed by atoms with Gasteiger partial charge in [0.05, 0.1) is 21.8 Å². The van der Waals surface area contributed by atoms with E-state index in [4.69, 9.17) is 11.6 Å². The second-order valence-electron chi connectivity index (χ2n) is 8.56. The number of nitrogens with one attached hydrogen (secondary N) is 1. The van der Waals surface area contributed by atoms with Crippen molar-refractivity contribution in [3.8, 4) is 0 Å². The minimum atomic E-state index is -1.04. The van der Waals surface area contributed by atoms with E-state index in [0.29, 0.717) is 35.1 Å². The van der Waals surface area contributed by atoms with Crippen LogP contribution in [-0.2, 0) is 0 Å². The van der Waals surface area contributed by atoms with Crippen molar-refractivity contribution in [2.24, 2.45) is 0 Å². The van der Waals surface area contributed by atoms with E-state index in [1.807, 2.05) is 19.1 Å². The number of pyridine rings is 1. The van der Waals surface area contributed by atoms with Crippen molar-refractivity contribution in [3.63, 3.8) is 0 Å². The number of halogens is 1. The van der Waals surface area contributed by atoms with E-state index in [2.05, 4.69) is 24.8 Å². The Labute approximate surface area is 207 Å². The molecule has 3 heterocycles. The monoisotopic (exact) mass is 489 g/mol. The van der Waals surface area contributed by atoms with Crippen LogP contribution in [0.1, 0.15) is 45.4 Å². The van der Waals surface area contributed by atoms with Crippen molar-refractivity contribution >= 4 is 46.0 Å². The number of carboxylic acids is 1. The number of amides is 1. The van der Waals surface area contributed by atoms with Crippen molar-refractivity contribution in [1.82, 2.24) is 14.5 Å². The lowest BCUT2D eigenvalue weighted by Crippen LogP contribution is -2.35. The van der Waals surface area contributed by atoms with Gasteiger partial charge in [0, 0.05) is 31.0 Å². The van der Waals surface area contributed by atoms with Gasteiger partial charge in [-0.05, 0) is 62.2 Å². The summed E-state index contributed by atoms with van der Waals surface area (Å²) in [7, 11) is 0. The molecule has 0 aliphatic carbocycles. The third kappa shape index (κ3) is 4.44. The number of carbonyl (C=O) groups is 2. The zero-order valence-corrected chi connectivity index (χ0v) is 19.9. The quantitative estimate of drug-likeness (QED) is 0.400. The van der Waals surface area contributed by atoms with Gasteiger partial charge in [0.25, 0.3) is 5.91 Å². The molecule has 1 aliphatic rings. The highest BCUT2D eigenvalue weighted by Crippen LogP contribution is 2.32. The molecule has 35 heavy (non-hydrogen) atoms. The van der Waals surface area contributed by atoms with Crippen LogP contribution in [0.5, 0.6) is 0 Å². The van der Waals surface area contributed by atoms with Crippen LogP contribution in [-0.4, -0.2) is 44.6 Å². The molecule has 2 aromatic heterocycles. The number of hydrogen-bond donors (Lipinski definition) is 2. The van der Waals surface area contributed by atoms with Crippen molar-refractivity contribution in [2.45, 2.75) is 25.8 Å². The van der Waals surface area contributed by atoms with Crippen molar-refractivity contribution in [1.29, 1.82) is 0 Å². The first-order chi connectivity index (χ1) is 16.9. The van der Waals surface area contributed by atoms with Gasteiger partial charge in [-0.25, -0.2) is 14.8 Å². The molecular formula is C26H24ClN5O3. The van der Waals surface area contributed by atoms with Crippen LogP contribution in [0.4, 0.5) is 11.4 Å². The number of carboxylic acid groups (broad SMARTS) is 1. The highest BCUT2D eigenvalue weighted by atomic mass is 35.5.